The van der Waals surface area contributed by atoms with Crippen molar-refractivity contribution < 1.29 is 9.90 Å². The highest BCUT2D eigenvalue weighted by molar-refractivity contribution is 5.99. The molecular weight excluding hydrogens is 212 g/mol. The molecular formula is C15H20O2. The number of aliphatic hydroxyl groups excluding tert-OH is 1. The number of aryl methyl sites for hydroxylation is 2. The first kappa shape index (κ1) is 12.3. The molecule has 1 aromatic carbocycles. The van der Waals surface area contributed by atoms with Gasteiger partial charge in [-0.25, -0.2) is 0 Å². The summed E-state index contributed by atoms with van der Waals surface area (Å²) in [5.74, 6) is 0.372. The number of rotatable bonds is 2. The van der Waals surface area contributed by atoms with Crippen molar-refractivity contribution in [3.8, 4) is 0 Å². The summed E-state index contributed by atoms with van der Waals surface area (Å²) in [6.07, 6.45) is 2.99. The molecule has 2 heteroatoms. The van der Waals surface area contributed by atoms with Gasteiger partial charge in [-0.3, -0.25) is 4.79 Å². The summed E-state index contributed by atoms with van der Waals surface area (Å²) >= 11 is 0. The summed E-state index contributed by atoms with van der Waals surface area (Å²) in [5, 5.41) is 9.47. The van der Waals surface area contributed by atoms with E-state index in [1.54, 1.807) is 0 Å². The summed E-state index contributed by atoms with van der Waals surface area (Å²) in [7, 11) is 0. The molecule has 0 heterocycles. The smallest absolute Gasteiger partial charge is 0.166 e. The molecule has 0 amide bonds. The first-order valence-electron chi connectivity index (χ1n) is 6.37. The van der Waals surface area contributed by atoms with Crippen LogP contribution >= 0.6 is 0 Å². The fraction of sp³-hybridized carbons (Fsp3) is 0.533. The Hall–Kier alpha value is -1.15. The van der Waals surface area contributed by atoms with Crippen molar-refractivity contribution in [2.75, 3.05) is 0 Å². The van der Waals surface area contributed by atoms with Crippen LogP contribution in [0.25, 0.3) is 0 Å². The van der Waals surface area contributed by atoms with Gasteiger partial charge in [0.1, 0.15) is 0 Å². The zero-order chi connectivity index (χ0) is 12.4. The van der Waals surface area contributed by atoms with Crippen molar-refractivity contribution in [1.29, 1.82) is 0 Å². The number of benzene rings is 1. The summed E-state index contributed by atoms with van der Waals surface area (Å²) in [6, 6.07) is 6.04. The van der Waals surface area contributed by atoms with E-state index in [-0.39, 0.29) is 17.8 Å². The highest BCUT2D eigenvalue weighted by Gasteiger charge is 2.26. The van der Waals surface area contributed by atoms with Crippen LogP contribution < -0.4 is 0 Å². The van der Waals surface area contributed by atoms with E-state index in [9.17, 15) is 9.90 Å². The molecule has 17 heavy (non-hydrogen) atoms. The molecule has 0 atom stereocenters. The van der Waals surface area contributed by atoms with Crippen LogP contribution in [-0.2, 0) is 0 Å². The Labute approximate surface area is 103 Å². The quantitative estimate of drug-likeness (QED) is 0.796. The van der Waals surface area contributed by atoms with Gasteiger partial charge in [-0.1, -0.05) is 17.7 Å². The molecule has 0 radical (unpaired) electrons. The molecule has 92 valence electrons. The lowest BCUT2D eigenvalue weighted by Gasteiger charge is -2.24. The van der Waals surface area contributed by atoms with Gasteiger partial charge in [0.2, 0.25) is 0 Å². The van der Waals surface area contributed by atoms with E-state index in [4.69, 9.17) is 0 Å². The van der Waals surface area contributed by atoms with Crippen molar-refractivity contribution in [2.24, 2.45) is 5.92 Å². The van der Waals surface area contributed by atoms with Gasteiger partial charge in [-0.2, -0.15) is 0 Å². The molecule has 2 rings (SSSR count). The fourth-order valence-electron chi connectivity index (χ4n) is 2.56. The van der Waals surface area contributed by atoms with E-state index in [1.807, 2.05) is 32.0 Å². The first-order valence-corrected chi connectivity index (χ1v) is 6.37. The number of hydrogen-bond donors (Lipinski definition) is 1. The average Bonchev–Trinajstić information content (AvgIpc) is 2.32. The number of Topliss-reactive ketones (excluding diaryl/α,β-unsaturated/α-hetero) is 1. The third-order valence-electron chi connectivity index (χ3n) is 3.73. The number of carbonyl (C=O) groups is 1. The maximum atomic E-state index is 12.4. The number of carbonyl (C=O) groups excluding carboxylic acids is 1. The SMILES string of the molecule is Cc1ccc(C)c(C(=O)C2CCC(O)CC2)c1. The van der Waals surface area contributed by atoms with E-state index in [0.29, 0.717) is 0 Å². The van der Waals surface area contributed by atoms with Crippen LogP contribution in [0, 0.1) is 19.8 Å². The third kappa shape index (κ3) is 2.75. The van der Waals surface area contributed by atoms with Crippen LogP contribution in [0.2, 0.25) is 0 Å². The van der Waals surface area contributed by atoms with Gasteiger partial charge in [-0.05, 0) is 51.2 Å². The second-order valence-corrected chi connectivity index (χ2v) is 5.19. The lowest BCUT2D eigenvalue weighted by Crippen LogP contribution is -2.24. The summed E-state index contributed by atoms with van der Waals surface area (Å²) in [5.41, 5.74) is 3.06. The molecule has 2 nitrogen and oxygen atoms in total. The van der Waals surface area contributed by atoms with Crippen molar-refractivity contribution in [2.45, 2.75) is 45.6 Å². The highest BCUT2D eigenvalue weighted by Crippen LogP contribution is 2.28. The predicted molar refractivity (Wildman–Crippen MR) is 68.2 cm³/mol. The fourth-order valence-corrected chi connectivity index (χ4v) is 2.56. The van der Waals surface area contributed by atoms with Crippen LogP contribution in [-0.4, -0.2) is 17.0 Å². The number of aliphatic hydroxyl groups is 1. The number of hydrogen-bond acceptors (Lipinski definition) is 2. The Kier molecular flexibility index (Phi) is 3.63. The molecule has 0 spiro atoms. The lowest BCUT2D eigenvalue weighted by atomic mass is 9.81. The van der Waals surface area contributed by atoms with Crippen molar-refractivity contribution >= 4 is 5.78 Å². The molecule has 0 aliphatic heterocycles. The largest absolute Gasteiger partial charge is 0.393 e. The Morgan fingerprint density at radius 3 is 2.47 bits per heavy atom. The summed E-state index contributed by atoms with van der Waals surface area (Å²) in [6.45, 7) is 4.01. The minimum absolute atomic E-state index is 0.110. The van der Waals surface area contributed by atoms with Gasteiger partial charge < -0.3 is 5.11 Å². The highest BCUT2D eigenvalue weighted by atomic mass is 16.3. The molecule has 1 N–H and O–H groups in total. The van der Waals surface area contributed by atoms with E-state index < -0.39 is 0 Å². The van der Waals surface area contributed by atoms with Crippen molar-refractivity contribution in [1.82, 2.24) is 0 Å². The Morgan fingerprint density at radius 2 is 1.82 bits per heavy atom. The normalized spacial score (nSPS) is 24.6. The lowest BCUT2D eigenvalue weighted by molar-refractivity contribution is 0.0764. The van der Waals surface area contributed by atoms with E-state index in [0.717, 1.165) is 42.4 Å². The minimum atomic E-state index is -0.197. The Morgan fingerprint density at radius 1 is 1.18 bits per heavy atom. The van der Waals surface area contributed by atoms with Crippen molar-refractivity contribution in [3.05, 3.63) is 34.9 Å². The first-order chi connectivity index (χ1) is 8.08. The number of ketones is 1. The molecule has 1 aliphatic carbocycles. The van der Waals surface area contributed by atoms with Crippen LogP contribution in [0.1, 0.15) is 47.2 Å². The van der Waals surface area contributed by atoms with Crippen LogP contribution in [0.15, 0.2) is 18.2 Å². The topological polar surface area (TPSA) is 37.3 Å². The standard InChI is InChI=1S/C15H20O2/c1-10-3-4-11(2)14(9-10)15(17)12-5-7-13(16)8-6-12/h3-4,9,12-13,16H,5-8H2,1-2H3. The zero-order valence-electron chi connectivity index (χ0n) is 10.6. The molecule has 0 aromatic heterocycles. The maximum Gasteiger partial charge on any atom is 0.166 e. The molecule has 1 saturated carbocycles. The monoisotopic (exact) mass is 232 g/mol. The van der Waals surface area contributed by atoms with Gasteiger partial charge in [0, 0.05) is 11.5 Å². The molecule has 1 aliphatic rings. The van der Waals surface area contributed by atoms with E-state index in [1.165, 1.54) is 0 Å². The maximum absolute atomic E-state index is 12.4. The van der Waals surface area contributed by atoms with Gasteiger partial charge in [-0.15, -0.1) is 0 Å². The van der Waals surface area contributed by atoms with Gasteiger partial charge in [0.05, 0.1) is 6.10 Å². The molecule has 0 saturated heterocycles. The van der Waals surface area contributed by atoms with E-state index >= 15 is 0 Å². The van der Waals surface area contributed by atoms with Gasteiger partial charge in [0.25, 0.3) is 0 Å². The van der Waals surface area contributed by atoms with Gasteiger partial charge in [0.15, 0.2) is 5.78 Å². The molecule has 0 bridgehead atoms. The molecule has 1 aromatic rings. The minimum Gasteiger partial charge on any atom is -0.393 e. The second kappa shape index (κ2) is 5.01. The summed E-state index contributed by atoms with van der Waals surface area (Å²) < 4.78 is 0. The summed E-state index contributed by atoms with van der Waals surface area (Å²) in [4.78, 5) is 12.4. The zero-order valence-corrected chi connectivity index (χ0v) is 10.6. The third-order valence-corrected chi connectivity index (χ3v) is 3.73. The van der Waals surface area contributed by atoms with Crippen LogP contribution in [0.5, 0.6) is 0 Å². The molecule has 0 unspecified atom stereocenters. The van der Waals surface area contributed by atoms with Crippen LogP contribution in [0.3, 0.4) is 0 Å². The van der Waals surface area contributed by atoms with Crippen LogP contribution in [0.4, 0.5) is 0 Å². The predicted octanol–water partition coefficient (Wildman–Crippen LogP) is 3.04. The molecule has 1 fully saturated rings. The average molecular weight is 232 g/mol. The van der Waals surface area contributed by atoms with E-state index in [2.05, 4.69) is 0 Å². The second-order valence-electron chi connectivity index (χ2n) is 5.19. The van der Waals surface area contributed by atoms with Crippen molar-refractivity contribution in [3.63, 3.8) is 0 Å². The Balaban J connectivity index is 2.16. The Bertz CT molecular complexity index is 415. The van der Waals surface area contributed by atoms with Gasteiger partial charge >= 0.3 is 0 Å².